The highest BCUT2D eigenvalue weighted by Crippen LogP contribution is 2.28. The molecule has 0 spiro atoms. The Balaban J connectivity index is 1.49. The van der Waals surface area contributed by atoms with Crippen LogP contribution in [0.3, 0.4) is 0 Å². The SMILES string of the molecule is Cc1ccc(-c2csc(SCCC(=O)Nc3ccccc3)n2)cc1. The molecule has 0 fully saturated rings. The quantitative estimate of drug-likeness (QED) is 0.616. The summed E-state index contributed by atoms with van der Waals surface area (Å²) in [5.41, 5.74) is 4.21. The van der Waals surface area contributed by atoms with Gasteiger partial charge in [0.25, 0.3) is 0 Å². The zero-order valence-corrected chi connectivity index (χ0v) is 15.0. The van der Waals surface area contributed by atoms with Gasteiger partial charge >= 0.3 is 0 Å². The number of thioether (sulfide) groups is 1. The molecule has 0 unspecified atom stereocenters. The van der Waals surface area contributed by atoms with Crippen molar-refractivity contribution in [2.24, 2.45) is 0 Å². The van der Waals surface area contributed by atoms with Crippen LogP contribution < -0.4 is 5.32 Å². The first-order chi connectivity index (χ1) is 11.7. The van der Waals surface area contributed by atoms with Crippen molar-refractivity contribution in [1.29, 1.82) is 0 Å². The monoisotopic (exact) mass is 354 g/mol. The normalized spacial score (nSPS) is 10.5. The molecule has 3 aromatic rings. The fourth-order valence-corrected chi connectivity index (χ4v) is 4.00. The molecule has 0 saturated carbocycles. The molecule has 1 aromatic heterocycles. The standard InChI is InChI=1S/C19H18N2OS2/c1-14-7-9-15(10-8-14)17-13-24-19(21-17)23-12-11-18(22)20-16-5-3-2-4-6-16/h2-10,13H,11-12H2,1H3,(H,20,22). The predicted molar refractivity (Wildman–Crippen MR) is 103 cm³/mol. The number of rotatable bonds is 6. The van der Waals surface area contributed by atoms with Crippen molar-refractivity contribution in [2.75, 3.05) is 11.1 Å². The van der Waals surface area contributed by atoms with E-state index in [4.69, 9.17) is 0 Å². The minimum atomic E-state index is 0.0315. The number of para-hydroxylation sites is 1. The molecule has 3 rings (SSSR count). The van der Waals surface area contributed by atoms with Gasteiger partial charge in [-0.1, -0.05) is 59.8 Å². The zero-order chi connectivity index (χ0) is 16.8. The maximum absolute atomic E-state index is 11.9. The lowest BCUT2D eigenvalue weighted by Crippen LogP contribution is -2.11. The van der Waals surface area contributed by atoms with Crippen molar-refractivity contribution in [3.8, 4) is 11.3 Å². The molecule has 122 valence electrons. The van der Waals surface area contributed by atoms with E-state index < -0.39 is 0 Å². The molecule has 0 saturated heterocycles. The Kier molecular flexibility index (Phi) is 5.67. The Hall–Kier alpha value is -2.11. The third-order valence-corrected chi connectivity index (χ3v) is 5.47. The molecule has 1 amide bonds. The number of anilines is 1. The topological polar surface area (TPSA) is 42.0 Å². The van der Waals surface area contributed by atoms with Crippen LogP contribution in [-0.4, -0.2) is 16.6 Å². The highest BCUT2D eigenvalue weighted by atomic mass is 32.2. The van der Waals surface area contributed by atoms with Gasteiger partial charge in [0.2, 0.25) is 5.91 Å². The highest BCUT2D eigenvalue weighted by Gasteiger charge is 2.07. The van der Waals surface area contributed by atoms with E-state index in [1.165, 1.54) is 5.56 Å². The summed E-state index contributed by atoms with van der Waals surface area (Å²) in [5, 5.41) is 4.96. The van der Waals surface area contributed by atoms with E-state index in [1.54, 1.807) is 23.1 Å². The Labute approximate surface area is 150 Å². The van der Waals surface area contributed by atoms with Crippen molar-refractivity contribution in [1.82, 2.24) is 4.98 Å². The second-order valence-corrected chi connectivity index (χ2v) is 7.58. The first kappa shape index (κ1) is 16.7. The molecule has 0 aliphatic heterocycles. The molecule has 0 atom stereocenters. The van der Waals surface area contributed by atoms with Crippen molar-refractivity contribution >= 4 is 34.7 Å². The van der Waals surface area contributed by atoms with Crippen LogP contribution in [0.15, 0.2) is 64.3 Å². The summed E-state index contributed by atoms with van der Waals surface area (Å²) in [6.07, 6.45) is 0.471. The van der Waals surface area contributed by atoms with Crippen LogP contribution in [0.5, 0.6) is 0 Å². The molecule has 0 bridgehead atoms. The van der Waals surface area contributed by atoms with E-state index in [0.29, 0.717) is 6.42 Å². The lowest BCUT2D eigenvalue weighted by atomic mass is 10.1. The molecule has 2 aromatic carbocycles. The van der Waals surface area contributed by atoms with Crippen molar-refractivity contribution in [3.05, 3.63) is 65.5 Å². The fourth-order valence-electron chi connectivity index (χ4n) is 2.16. The number of hydrogen-bond donors (Lipinski definition) is 1. The largest absolute Gasteiger partial charge is 0.326 e. The van der Waals surface area contributed by atoms with Crippen LogP contribution in [0.1, 0.15) is 12.0 Å². The number of nitrogens with zero attached hydrogens (tertiary/aromatic N) is 1. The first-order valence-corrected chi connectivity index (χ1v) is 9.57. The van der Waals surface area contributed by atoms with Gasteiger partial charge in [-0.2, -0.15) is 0 Å². The van der Waals surface area contributed by atoms with Gasteiger partial charge in [0.15, 0.2) is 4.34 Å². The molecule has 5 heteroatoms. The van der Waals surface area contributed by atoms with Crippen molar-refractivity contribution in [3.63, 3.8) is 0 Å². The molecule has 3 nitrogen and oxygen atoms in total. The molecule has 0 radical (unpaired) electrons. The summed E-state index contributed by atoms with van der Waals surface area (Å²) in [6.45, 7) is 2.08. The van der Waals surface area contributed by atoms with E-state index >= 15 is 0 Å². The number of aryl methyl sites for hydroxylation is 1. The van der Waals surface area contributed by atoms with Gasteiger partial charge in [0, 0.05) is 28.8 Å². The van der Waals surface area contributed by atoms with Crippen molar-refractivity contribution < 1.29 is 4.79 Å². The van der Waals surface area contributed by atoms with E-state index in [-0.39, 0.29) is 5.91 Å². The molecule has 1 N–H and O–H groups in total. The predicted octanol–water partition coefficient (Wildman–Crippen LogP) is 5.24. The second kappa shape index (κ2) is 8.13. The summed E-state index contributed by atoms with van der Waals surface area (Å²) in [6, 6.07) is 17.9. The average Bonchev–Trinajstić information content (AvgIpc) is 3.05. The minimum Gasteiger partial charge on any atom is -0.326 e. The third kappa shape index (κ3) is 4.69. The molecule has 0 aliphatic carbocycles. The van der Waals surface area contributed by atoms with E-state index in [2.05, 4.69) is 46.9 Å². The van der Waals surface area contributed by atoms with Gasteiger partial charge in [-0.15, -0.1) is 11.3 Å². The summed E-state index contributed by atoms with van der Waals surface area (Å²) in [5.74, 6) is 0.753. The summed E-state index contributed by atoms with van der Waals surface area (Å²) < 4.78 is 0.998. The maximum Gasteiger partial charge on any atom is 0.225 e. The third-order valence-electron chi connectivity index (χ3n) is 3.44. The minimum absolute atomic E-state index is 0.0315. The van der Waals surface area contributed by atoms with Crippen LogP contribution in [0, 0.1) is 6.92 Å². The number of benzene rings is 2. The van der Waals surface area contributed by atoms with Crippen molar-refractivity contribution in [2.45, 2.75) is 17.7 Å². The van der Waals surface area contributed by atoms with Gasteiger partial charge in [-0.25, -0.2) is 4.98 Å². The van der Waals surface area contributed by atoms with Gasteiger partial charge < -0.3 is 5.32 Å². The number of thiazole rings is 1. The Morgan fingerprint density at radius 1 is 1.12 bits per heavy atom. The van der Waals surface area contributed by atoms with Gasteiger partial charge in [-0.05, 0) is 19.1 Å². The maximum atomic E-state index is 11.9. The smallest absolute Gasteiger partial charge is 0.225 e. The van der Waals surface area contributed by atoms with E-state index in [9.17, 15) is 4.79 Å². The van der Waals surface area contributed by atoms with Crippen LogP contribution >= 0.6 is 23.1 Å². The first-order valence-electron chi connectivity index (χ1n) is 7.71. The number of carbonyl (C=O) groups is 1. The molecule has 1 heterocycles. The van der Waals surface area contributed by atoms with E-state index in [1.807, 2.05) is 30.3 Å². The van der Waals surface area contributed by atoms with Crippen LogP contribution in [0.4, 0.5) is 5.69 Å². The van der Waals surface area contributed by atoms with Crippen LogP contribution in [0.25, 0.3) is 11.3 Å². The van der Waals surface area contributed by atoms with E-state index in [0.717, 1.165) is 27.0 Å². The molecular weight excluding hydrogens is 336 g/mol. The Morgan fingerprint density at radius 3 is 2.62 bits per heavy atom. The van der Waals surface area contributed by atoms with Crippen LogP contribution in [-0.2, 0) is 4.79 Å². The molecular formula is C19H18N2OS2. The van der Waals surface area contributed by atoms with Gasteiger partial charge in [0.05, 0.1) is 5.69 Å². The lowest BCUT2D eigenvalue weighted by molar-refractivity contribution is -0.115. The van der Waals surface area contributed by atoms with Crippen LogP contribution in [0.2, 0.25) is 0 Å². The lowest BCUT2D eigenvalue weighted by Gasteiger charge is -2.03. The number of amides is 1. The summed E-state index contributed by atoms with van der Waals surface area (Å²) in [7, 11) is 0. The fraction of sp³-hybridized carbons (Fsp3) is 0.158. The summed E-state index contributed by atoms with van der Waals surface area (Å²) >= 11 is 3.25. The zero-order valence-electron chi connectivity index (χ0n) is 13.4. The number of aromatic nitrogens is 1. The highest BCUT2D eigenvalue weighted by molar-refractivity contribution is 8.01. The molecule has 0 aliphatic rings. The van der Waals surface area contributed by atoms with Gasteiger partial charge in [0.1, 0.15) is 0 Å². The second-order valence-electron chi connectivity index (χ2n) is 5.38. The Bertz CT molecular complexity index is 798. The number of carbonyl (C=O) groups excluding carboxylic acids is 1. The summed E-state index contributed by atoms with van der Waals surface area (Å²) in [4.78, 5) is 16.6. The Morgan fingerprint density at radius 2 is 1.88 bits per heavy atom. The molecule has 24 heavy (non-hydrogen) atoms. The van der Waals surface area contributed by atoms with Gasteiger partial charge in [-0.3, -0.25) is 4.79 Å². The number of nitrogens with one attached hydrogen (secondary N) is 1. The average molecular weight is 354 g/mol. The number of hydrogen-bond acceptors (Lipinski definition) is 4.